The molecule has 23 heavy (non-hydrogen) atoms. The maximum absolute atomic E-state index is 13.0. The van der Waals surface area contributed by atoms with E-state index in [4.69, 9.17) is 9.15 Å². The standard InChI is InChI=1S/C19H15NO3/c1-22-13-7-8-16(20-10-13)15-11-23-17-9-6-12-4-2-3-5-14(12)18(17)19(15)21/h3,5-11H,2,4H2,1H3. The number of nitrogens with zero attached hydrogens (tertiary/aromatic N) is 1. The van der Waals surface area contributed by atoms with Crippen LogP contribution in [0.5, 0.6) is 5.75 Å². The van der Waals surface area contributed by atoms with Crippen molar-refractivity contribution in [2.75, 3.05) is 7.11 Å². The lowest BCUT2D eigenvalue weighted by Gasteiger charge is -2.12. The molecule has 3 aromatic rings. The first-order chi connectivity index (χ1) is 11.3. The quantitative estimate of drug-likeness (QED) is 0.722. The summed E-state index contributed by atoms with van der Waals surface area (Å²) < 4.78 is 10.8. The fourth-order valence-electron chi connectivity index (χ4n) is 2.97. The Bertz CT molecular complexity index is 968. The van der Waals surface area contributed by atoms with Crippen LogP contribution in [0.15, 0.2) is 52.0 Å². The fraction of sp³-hybridized carbons (Fsp3) is 0.158. The fourth-order valence-corrected chi connectivity index (χ4v) is 2.97. The van der Waals surface area contributed by atoms with Gasteiger partial charge >= 0.3 is 0 Å². The molecule has 2 aromatic heterocycles. The lowest BCUT2D eigenvalue weighted by molar-refractivity contribution is 0.413. The molecular weight excluding hydrogens is 290 g/mol. The van der Waals surface area contributed by atoms with Crippen molar-refractivity contribution in [3.8, 4) is 17.0 Å². The molecule has 0 amide bonds. The number of aromatic nitrogens is 1. The molecule has 0 aliphatic heterocycles. The van der Waals surface area contributed by atoms with Gasteiger partial charge < -0.3 is 9.15 Å². The smallest absolute Gasteiger partial charge is 0.202 e. The topological polar surface area (TPSA) is 52.3 Å². The molecule has 0 saturated carbocycles. The van der Waals surface area contributed by atoms with Crippen LogP contribution in [0, 0.1) is 0 Å². The van der Waals surface area contributed by atoms with Crippen molar-refractivity contribution in [2.45, 2.75) is 12.8 Å². The molecule has 0 radical (unpaired) electrons. The van der Waals surface area contributed by atoms with Crippen LogP contribution in [0.3, 0.4) is 0 Å². The van der Waals surface area contributed by atoms with E-state index in [0.29, 0.717) is 28.0 Å². The van der Waals surface area contributed by atoms with Gasteiger partial charge in [-0.15, -0.1) is 0 Å². The van der Waals surface area contributed by atoms with Gasteiger partial charge in [0.25, 0.3) is 0 Å². The second-order valence-electron chi connectivity index (χ2n) is 5.51. The number of aryl methyl sites for hydroxylation is 1. The summed E-state index contributed by atoms with van der Waals surface area (Å²) in [6.45, 7) is 0. The van der Waals surface area contributed by atoms with Crippen LogP contribution in [0.25, 0.3) is 28.3 Å². The van der Waals surface area contributed by atoms with Gasteiger partial charge in [0.05, 0.1) is 30.0 Å². The predicted octanol–water partition coefficient (Wildman–Crippen LogP) is 3.82. The summed E-state index contributed by atoms with van der Waals surface area (Å²) in [6, 6.07) is 7.46. The van der Waals surface area contributed by atoms with Crippen LogP contribution < -0.4 is 10.2 Å². The molecule has 0 bridgehead atoms. The second kappa shape index (κ2) is 5.39. The third kappa shape index (κ3) is 2.23. The molecule has 2 heterocycles. The highest BCUT2D eigenvalue weighted by molar-refractivity contribution is 5.90. The summed E-state index contributed by atoms with van der Waals surface area (Å²) in [4.78, 5) is 17.3. The van der Waals surface area contributed by atoms with Gasteiger partial charge in [-0.05, 0) is 42.2 Å². The van der Waals surface area contributed by atoms with Gasteiger partial charge in [0.1, 0.15) is 17.6 Å². The Labute approximate surface area is 133 Å². The lowest BCUT2D eigenvalue weighted by atomic mass is 9.93. The summed E-state index contributed by atoms with van der Waals surface area (Å²) in [5.41, 5.74) is 3.77. The number of pyridine rings is 1. The molecule has 4 rings (SSSR count). The van der Waals surface area contributed by atoms with E-state index in [1.165, 1.54) is 11.8 Å². The molecule has 1 aliphatic rings. The van der Waals surface area contributed by atoms with E-state index >= 15 is 0 Å². The number of benzene rings is 1. The SMILES string of the molecule is COc1ccc(-c2coc3ccc4c(c3c2=O)C=CCC4)nc1. The third-order valence-corrected chi connectivity index (χ3v) is 4.19. The van der Waals surface area contributed by atoms with E-state index in [1.54, 1.807) is 25.4 Å². The number of hydrogen-bond acceptors (Lipinski definition) is 4. The highest BCUT2D eigenvalue weighted by Gasteiger charge is 2.16. The molecule has 4 nitrogen and oxygen atoms in total. The summed E-state index contributed by atoms with van der Waals surface area (Å²) in [7, 11) is 1.58. The van der Waals surface area contributed by atoms with Crippen LogP contribution >= 0.6 is 0 Å². The lowest BCUT2D eigenvalue weighted by Crippen LogP contribution is -2.09. The van der Waals surface area contributed by atoms with E-state index in [-0.39, 0.29) is 5.43 Å². The predicted molar refractivity (Wildman–Crippen MR) is 89.6 cm³/mol. The van der Waals surface area contributed by atoms with Gasteiger partial charge in [-0.3, -0.25) is 9.78 Å². The minimum atomic E-state index is -0.0488. The Morgan fingerprint density at radius 3 is 2.91 bits per heavy atom. The second-order valence-corrected chi connectivity index (χ2v) is 5.51. The Morgan fingerprint density at radius 2 is 2.13 bits per heavy atom. The zero-order chi connectivity index (χ0) is 15.8. The number of allylic oxidation sites excluding steroid dienone is 1. The average molecular weight is 305 g/mol. The molecule has 0 spiro atoms. The molecular formula is C19H15NO3. The molecule has 4 heteroatoms. The monoisotopic (exact) mass is 305 g/mol. The molecule has 0 N–H and O–H groups in total. The summed E-state index contributed by atoms with van der Waals surface area (Å²) in [5.74, 6) is 0.652. The van der Waals surface area contributed by atoms with Crippen molar-refractivity contribution in [3.05, 3.63) is 64.2 Å². The first-order valence-electron chi connectivity index (χ1n) is 7.52. The van der Waals surface area contributed by atoms with Crippen LogP contribution in [0.4, 0.5) is 0 Å². The summed E-state index contributed by atoms with van der Waals surface area (Å²) >= 11 is 0. The molecule has 1 aliphatic carbocycles. The Hall–Kier alpha value is -2.88. The van der Waals surface area contributed by atoms with E-state index < -0.39 is 0 Å². The van der Waals surface area contributed by atoms with Crippen molar-refractivity contribution in [1.82, 2.24) is 4.98 Å². The zero-order valence-electron chi connectivity index (χ0n) is 12.7. The first kappa shape index (κ1) is 13.8. The van der Waals surface area contributed by atoms with Crippen molar-refractivity contribution in [2.24, 2.45) is 0 Å². The normalized spacial score (nSPS) is 13.1. The zero-order valence-corrected chi connectivity index (χ0v) is 12.7. The molecule has 0 atom stereocenters. The Morgan fingerprint density at radius 1 is 1.22 bits per heavy atom. The number of rotatable bonds is 2. The van der Waals surface area contributed by atoms with Gasteiger partial charge in [0.15, 0.2) is 0 Å². The van der Waals surface area contributed by atoms with Crippen LogP contribution in [-0.4, -0.2) is 12.1 Å². The van der Waals surface area contributed by atoms with Crippen molar-refractivity contribution in [3.63, 3.8) is 0 Å². The highest BCUT2D eigenvalue weighted by Crippen LogP contribution is 2.28. The highest BCUT2D eigenvalue weighted by atomic mass is 16.5. The maximum atomic E-state index is 13.0. The molecule has 1 aromatic carbocycles. The third-order valence-electron chi connectivity index (χ3n) is 4.19. The Balaban J connectivity index is 1.97. The summed E-state index contributed by atoms with van der Waals surface area (Å²) in [6.07, 6.45) is 9.15. The molecule has 0 unspecified atom stereocenters. The van der Waals surface area contributed by atoms with Gasteiger partial charge in [0, 0.05) is 0 Å². The molecule has 0 saturated heterocycles. The Kier molecular flexibility index (Phi) is 3.23. The number of hydrogen-bond donors (Lipinski definition) is 0. The first-order valence-corrected chi connectivity index (χ1v) is 7.52. The van der Waals surface area contributed by atoms with Crippen molar-refractivity contribution < 1.29 is 9.15 Å². The minimum absolute atomic E-state index is 0.0488. The van der Waals surface area contributed by atoms with Crippen LogP contribution in [0.2, 0.25) is 0 Å². The largest absolute Gasteiger partial charge is 0.495 e. The number of ether oxygens (including phenoxy) is 1. The van der Waals surface area contributed by atoms with Crippen molar-refractivity contribution in [1.29, 1.82) is 0 Å². The maximum Gasteiger partial charge on any atom is 0.202 e. The van der Waals surface area contributed by atoms with E-state index in [1.807, 2.05) is 18.2 Å². The van der Waals surface area contributed by atoms with Gasteiger partial charge in [-0.2, -0.15) is 0 Å². The molecule has 0 fully saturated rings. The van der Waals surface area contributed by atoms with E-state index in [9.17, 15) is 4.79 Å². The van der Waals surface area contributed by atoms with Crippen LogP contribution in [0.1, 0.15) is 17.5 Å². The number of methoxy groups -OCH3 is 1. The van der Waals surface area contributed by atoms with Crippen molar-refractivity contribution >= 4 is 17.0 Å². The average Bonchev–Trinajstić information content (AvgIpc) is 2.62. The van der Waals surface area contributed by atoms with Gasteiger partial charge in [0.2, 0.25) is 5.43 Å². The van der Waals surface area contributed by atoms with Crippen LogP contribution in [-0.2, 0) is 6.42 Å². The van der Waals surface area contributed by atoms with E-state index in [0.717, 1.165) is 18.4 Å². The summed E-state index contributed by atoms with van der Waals surface area (Å²) in [5, 5.41) is 0.633. The van der Waals surface area contributed by atoms with Gasteiger partial charge in [-0.1, -0.05) is 18.2 Å². The van der Waals surface area contributed by atoms with E-state index in [2.05, 4.69) is 11.1 Å². The van der Waals surface area contributed by atoms with Gasteiger partial charge in [-0.25, -0.2) is 0 Å². The molecule has 114 valence electrons. The minimum Gasteiger partial charge on any atom is -0.495 e. The number of fused-ring (bicyclic) bond motifs is 3.